The molecule has 0 amide bonds. The number of rotatable bonds is 8. The average molecular weight is 355 g/mol. The van der Waals surface area contributed by atoms with Crippen molar-refractivity contribution in [1.29, 1.82) is 0 Å². The van der Waals surface area contributed by atoms with Crippen LogP contribution in [0.1, 0.15) is 24.5 Å². The van der Waals surface area contributed by atoms with Gasteiger partial charge in [-0.3, -0.25) is 0 Å². The van der Waals surface area contributed by atoms with Crippen LogP contribution >= 0.6 is 11.6 Å². The standard InChI is InChI=1S/C18H22ClNO2.ClH/c1-2-17(12-21)20-11-15-4-3-5-18(10-15)22-13-14-6-8-16(19)9-7-14;/h3-10,17,20-21H,2,11-13H2,1H3;1H/p-1. The summed E-state index contributed by atoms with van der Waals surface area (Å²) in [6, 6.07) is 15.8. The second kappa shape index (κ2) is 10.5. The first-order valence-corrected chi connectivity index (χ1v) is 7.89. The summed E-state index contributed by atoms with van der Waals surface area (Å²) in [5.74, 6) is 0.839. The van der Waals surface area contributed by atoms with E-state index in [4.69, 9.17) is 16.3 Å². The first-order chi connectivity index (χ1) is 10.7. The molecule has 126 valence electrons. The van der Waals surface area contributed by atoms with E-state index >= 15 is 0 Å². The number of nitrogens with one attached hydrogen (secondary N) is 1. The number of hydrogen-bond acceptors (Lipinski definition) is 3. The van der Waals surface area contributed by atoms with Gasteiger partial charge in [0.05, 0.1) is 6.61 Å². The van der Waals surface area contributed by atoms with Crippen LogP contribution in [0.3, 0.4) is 0 Å². The number of aliphatic hydroxyl groups excluding tert-OH is 1. The van der Waals surface area contributed by atoms with E-state index in [1.165, 1.54) is 0 Å². The zero-order valence-corrected chi connectivity index (χ0v) is 14.6. The fourth-order valence-corrected chi connectivity index (χ4v) is 2.22. The number of aliphatic hydroxyl groups is 1. The Labute approximate surface area is 149 Å². The van der Waals surface area contributed by atoms with Crippen LogP contribution < -0.4 is 22.5 Å². The van der Waals surface area contributed by atoms with Crippen molar-refractivity contribution in [2.24, 2.45) is 0 Å². The molecule has 1 atom stereocenters. The minimum absolute atomic E-state index is 0. The average Bonchev–Trinajstić information content (AvgIpc) is 2.56. The van der Waals surface area contributed by atoms with E-state index in [0.717, 1.165) is 34.9 Å². The molecule has 0 aliphatic rings. The molecule has 0 aliphatic heterocycles. The third kappa shape index (κ3) is 6.80. The van der Waals surface area contributed by atoms with Gasteiger partial charge >= 0.3 is 0 Å². The third-order valence-corrected chi connectivity index (χ3v) is 3.78. The molecular formula is C18H22Cl2NO2-. The van der Waals surface area contributed by atoms with E-state index in [2.05, 4.69) is 12.2 Å². The minimum Gasteiger partial charge on any atom is -1.00 e. The van der Waals surface area contributed by atoms with Crippen molar-refractivity contribution in [2.75, 3.05) is 6.61 Å². The quantitative estimate of drug-likeness (QED) is 0.736. The van der Waals surface area contributed by atoms with Gasteiger partial charge in [-0.2, -0.15) is 0 Å². The smallest absolute Gasteiger partial charge is 0.120 e. The SMILES string of the molecule is CCC(CO)NCc1cccc(OCc2ccc(Cl)cc2)c1.[Cl-]. The lowest BCUT2D eigenvalue weighted by Gasteiger charge is -2.14. The van der Waals surface area contributed by atoms with Crippen LogP contribution in [0.15, 0.2) is 48.5 Å². The minimum atomic E-state index is 0. The Hall–Kier alpha value is -1.26. The van der Waals surface area contributed by atoms with Gasteiger partial charge in [0.1, 0.15) is 12.4 Å². The molecule has 2 N–H and O–H groups in total. The van der Waals surface area contributed by atoms with Crippen LogP contribution in [0.2, 0.25) is 5.02 Å². The van der Waals surface area contributed by atoms with Crippen molar-refractivity contribution < 1.29 is 22.3 Å². The topological polar surface area (TPSA) is 41.5 Å². The van der Waals surface area contributed by atoms with Gasteiger partial charge in [-0.25, -0.2) is 0 Å². The van der Waals surface area contributed by atoms with E-state index in [9.17, 15) is 5.11 Å². The van der Waals surface area contributed by atoms with Crippen LogP contribution in [-0.4, -0.2) is 17.8 Å². The number of halogens is 2. The van der Waals surface area contributed by atoms with Crippen LogP contribution in [0.25, 0.3) is 0 Å². The predicted octanol–water partition coefficient (Wildman–Crippen LogP) is 0.783. The lowest BCUT2D eigenvalue weighted by molar-refractivity contribution is -0.00000584. The molecule has 2 aromatic rings. The second-order valence-electron chi connectivity index (χ2n) is 5.23. The molecular weight excluding hydrogens is 333 g/mol. The molecule has 0 aromatic heterocycles. The molecule has 0 aliphatic carbocycles. The zero-order chi connectivity index (χ0) is 15.8. The lowest BCUT2D eigenvalue weighted by atomic mass is 10.2. The van der Waals surface area contributed by atoms with Crippen molar-refractivity contribution >= 4 is 11.6 Å². The van der Waals surface area contributed by atoms with Crippen molar-refractivity contribution in [3.05, 3.63) is 64.7 Å². The van der Waals surface area contributed by atoms with Crippen LogP contribution in [-0.2, 0) is 13.2 Å². The molecule has 3 nitrogen and oxygen atoms in total. The number of ether oxygens (including phenoxy) is 1. The van der Waals surface area contributed by atoms with Gasteiger partial charge in [-0.1, -0.05) is 42.8 Å². The van der Waals surface area contributed by atoms with Gasteiger partial charge < -0.3 is 27.6 Å². The lowest BCUT2D eigenvalue weighted by Crippen LogP contribution is -3.00. The van der Waals surface area contributed by atoms with Crippen LogP contribution in [0, 0.1) is 0 Å². The highest BCUT2D eigenvalue weighted by molar-refractivity contribution is 6.30. The fourth-order valence-electron chi connectivity index (χ4n) is 2.09. The molecule has 1 unspecified atom stereocenters. The summed E-state index contributed by atoms with van der Waals surface area (Å²) < 4.78 is 5.81. The molecule has 5 heteroatoms. The molecule has 0 spiro atoms. The molecule has 2 rings (SSSR count). The Morgan fingerprint density at radius 2 is 1.87 bits per heavy atom. The maximum atomic E-state index is 9.19. The van der Waals surface area contributed by atoms with Gasteiger partial charge in [-0.15, -0.1) is 0 Å². The molecule has 0 saturated carbocycles. The summed E-state index contributed by atoms with van der Waals surface area (Å²) in [7, 11) is 0. The summed E-state index contributed by atoms with van der Waals surface area (Å²) in [4.78, 5) is 0. The Morgan fingerprint density at radius 1 is 1.13 bits per heavy atom. The molecule has 2 aromatic carbocycles. The van der Waals surface area contributed by atoms with Gasteiger partial charge in [-0.05, 0) is 41.8 Å². The first kappa shape index (κ1) is 19.8. The maximum absolute atomic E-state index is 9.19. The largest absolute Gasteiger partial charge is 1.00 e. The van der Waals surface area contributed by atoms with E-state index < -0.39 is 0 Å². The van der Waals surface area contributed by atoms with E-state index in [1.807, 2.05) is 48.5 Å². The highest BCUT2D eigenvalue weighted by atomic mass is 35.5. The van der Waals surface area contributed by atoms with Crippen molar-refractivity contribution in [3.8, 4) is 5.75 Å². The van der Waals surface area contributed by atoms with E-state index in [-0.39, 0.29) is 25.1 Å². The number of benzene rings is 2. The van der Waals surface area contributed by atoms with Crippen LogP contribution in [0.4, 0.5) is 0 Å². The summed E-state index contributed by atoms with van der Waals surface area (Å²) in [5, 5.41) is 13.2. The molecule has 0 fully saturated rings. The molecule has 0 bridgehead atoms. The zero-order valence-electron chi connectivity index (χ0n) is 13.1. The van der Waals surface area contributed by atoms with Crippen LogP contribution in [0.5, 0.6) is 5.75 Å². The Balaban J connectivity index is 0.00000264. The molecule has 0 heterocycles. The molecule has 0 saturated heterocycles. The van der Waals surface area contributed by atoms with Crippen molar-refractivity contribution in [3.63, 3.8) is 0 Å². The van der Waals surface area contributed by atoms with E-state index in [0.29, 0.717) is 6.61 Å². The maximum Gasteiger partial charge on any atom is 0.120 e. The molecule has 23 heavy (non-hydrogen) atoms. The summed E-state index contributed by atoms with van der Waals surface area (Å²) in [6.07, 6.45) is 0.906. The van der Waals surface area contributed by atoms with E-state index in [1.54, 1.807) is 0 Å². The summed E-state index contributed by atoms with van der Waals surface area (Å²) >= 11 is 5.87. The normalized spacial score (nSPS) is 11.6. The predicted molar refractivity (Wildman–Crippen MR) is 90.2 cm³/mol. The van der Waals surface area contributed by atoms with Gasteiger partial charge in [0.15, 0.2) is 0 Å². The second-order valence-corrected chi connectivity index (χ2v) is 5.67. The van der Waals surface area contributed by atoms with Gasteiger partial charge in [0.25, 0.3) is 0 Å². The monoisotopic (exact) mass is 354 g/mol. The third-order valence-electron chi connectivity index (χ3n) is 3.53. The molecule has 0 radical (unpaired) electrons. The Morgan fingerprint density at radius 3 is 2.52 bits per heavy atom. The highest BCUT2D eigenvalue weighted by Crippen LogP contribution is 2.16. The van der Waals surface area contributed by atoms with Crippen molar-refractivity contribution in [2.45, 2.75) is 32.5 Å². The fraction of sp³-hybridized carbons (Fsp3) is 0.333. The highest BCUT2D eigenvalue weighted by Gasteiger charge is 2.04. The van der Waals surface area contributed by atoms with Gasteiger partial charge in [0, 0.05) is 17.6 Å². The Bertz CT molecular complexity index is 571. The Kier molecular flexibility index (Phi) is 9.03. The van der Waals surface area contributed by atoms with Crippen molar-refractivity contribution in [1.82, 2.24) is 5.32 Å². The van der Waals surface area contributed by atoms with Gasteiger partial charge in [0.2, 0.25) is 0 Å². The summed E-state index contributed by atoms with van der Waals surface area (Å²) in [5.41, 5.74) is 2.22. The first-order valence-electron chi connectivity index (χ1n) is 7.51. The number of hydrogen-bond donors (Lipinski definition) is 2. The summed E-state index contributed by atoms with van der Waals surface area (Å²) in [6.45, 7) is 3.45.